The van der Waals surface area contributed by atoms with Gasteiger partial charge < -0.3 is 15.2 Å². The number of hydrazine groups is 1. The molecule has 1 amide bonds. The third kappa shape index (κ3) is 2.94. The lowest BCUT2D eigenvalue weighted by molar-refractivity contribution is -0.126. The number of aliphatic hydroxyl groups is 1. The van der Waals surface area contributed by atoms with Crippen LogP contribution in [0.1, 0.15) is 30.0 Å². The van der Waals surface area contributed by atoms with Crippen molar-refractivity contribution in [1.29, 1.82) is 0 Å². The molecule has 0 aromatic heterocycles. The van der Waals surface area contributed by atoms with E-state index in [-0.39, 0.29) is 24.0 Å². The normalized spacial score (nSPS) is 27.9. The summed E-state index contributed by atoms with van der Waals surface area (Å²) in [6, 6.07) is 6.18. The summed E-state index contributed by atoms with van der Waals surface area (Å²) in [5.74, 6) is 1.29. The van der Waals surface area contributed by atoms with Crippen molar-refractivity contribution in [2.75, 3.05) is 19.7 Å². The molecular formula is C17H23N3O3. The van der Waals surface area contributed by atoms with Crippen LogP contribution in [0.4, 0.5) is 0 Å². The van der Waals surface area contributed by atoms with Crippen molar-refractivity contribution >= 4 is 5.91 Å². The highest BCUT2D eigenvalue weighted by molar-refractivity contribution is 5.80. The van der Waals surface area contributed by atoms with Gasteiger partial charge in [0.05, 0.1) is 24.7 Å². The summed E-state index contributed by atoms with van der Waals surface area (Å²) >= 11 is 0. The lowest BCUT2D eigenvalue weighted by atomic mass is 9.74. The highest BCUT2D eigenvalue weighted by Gasteiger charge is 2.37. The van der Waals surface area contributed by atoms with Crippen LogP contribution in [-0.4, -0.2) is 36.8 Å². The van der Waals surface area contributed by atoms with Crippen molar-refractivity contribution in [3.05, 3.63) is 29.3 Å². The van der Waals surface area contributed by atoms with E-state index in [1.807, 2.05) is 12.1 Å². The molecule has 4 N–H and O–H groups in total. The highest BCUT2D eigenvalue weighted by atomic mass is 16.5. The predicted molar refractivity (Wildman–Crippen MR) is 84.8 cm³/mol. The van der Waals surface area contributed by atoms with Gasteiger partial charge in [-0.2, -0.15) is 0 Å². The fraction of sp³-hybridized carbons (Fsp3) is 0.588. The maximum atomic E-state index is 12.5. The fourth-order valence-corrected chi connectivity index (χ4v) is 3.69. The van der Waals surface area contributed by atoms with Gasteiger partial charge in [0.2, 0.25) is 5.91 Å². The van der Waals surface area contributed by atoms with Gasteiger partial charge in [0.1, 0.15) is 5.75 Å². The minimum absolute atomic E-state index is 0.0302. The molecule has 1 unspecified atom stereocenters. The topological polar surface area (TPSA) is 82.6 Å². The molecule has 3 aliphatic rings. The second-order valence-corrected chi connectivity index (χ2v) is 6.80. The molecule has 6 heteroatoms. The largest absolute Gasteiger partial charge is 0.493 e. The summed E-state index contributed by atoms with van der Waals surface area (Å²) in [6.45, 7) is 2.05. The van der Waals surface area contributed by atoms with E-state index in [1.54, 1.807) is 0 Å². The van der Waals surface area contributed by atoms with Crippen molar-refractivity contribution in [3.8, 4) is 5.75 Å². The lowest BCUT2D eigenvalue weighted by Crippen LogP contribution is -2.44. The summed E-state index contributed by atoms with van der Waals surface area (Å²) in [4.78, 5) is 12.5. The Bertz CT molecular complexity index is 595. The first-order valence-electron chi connectivity index (χ1n) is 8.40. The zero-order valence-electron chi connectivity index (χ0n) is 13.0. The van der Waals surface area contributed by atoms with Crippen LogP contribution in [0.15, 0.2) is 18.2 Å². The van der Waals surface area contributed by atoms with Gasteiger partial charge in [-0.15, -0.1) is 0 Å². The van der Waals surface area contributed by atoms with Gasteiger partial charge in [0.25, 0.3) is 0 Å². The fourth-order valence-electron chi connectivity index (χ4n) is 3.69. The third-order valence-electron chi connectivity index (χ3n) is 5.18. The molecule has 1 saturated heterocycles. The zero-order chi connectivity index (χ0) is 15.8. The van der Waals surface area contributed by atoms with Gasteiger partial charge in [-0.25, -0.2) is 0 Å². The van der Waals surface area contributed by atoms with E-state index < -0.39 is 0 Å². The van der Waals surface area contributed by atoms with Crippen LogP contribution in [0.2, 0.25) is 0 Å². The number of hydrogen-bond acceptors (Lipinski definition) is 5. The number of nitrogens with one attached hydrogen (secondary N) is 3. The predicted octanol–water partition coefficient (Wildman–Crippen LogP) is 0.274. The van der Waals surface area contributed by atoms with Gasteiger partial charge in [-0.3, -0.25) is 15.6 Å². The summed E-state index contributed by atoms with van der Waals surface area (Å²) in [5, 5.41) is 12.9. The van der Waals surface area contributed by atoms with Crippen LogP contribution in [-0.2, 0) is 11.2 Å². The van der Waals surface area contributed by atoms with E-state index in [0.717, 1.165) is 37.2 Å². The molecule has 0 spiro atoms. The second kappa shape index (κ2) is 6.11. The molecule has 1 aromatic carbocycles. The molecule has 124 valence electrons. The summed E-state index contributed by atoms with van der Waals surface area (Å²) < 4.78 is 5.57. The molecule has 4 rings (SSSR count). The van der Waals surface area contributed by atoms with Crippen LogP contribution >= 0.6 is 0 Å². The quantitative estimate of drug-likeness (QED) is 0.641. The third-order valence-corrected chi connectivity index (χ3v) is 5.18. The van der Waals surface area contributed by atoms with E-state index in [4.69, 9.17) is 4.74 Å². The maximum absolute atomic E-state index is 12.5. The van der Waals surface area contributed by atoms with E-state index in [1.165, 1.54) is 5.56 Å². The van der Waals surface area contributed by atoms with Crippen LogP contribution in [0.3, 0.4) is 0 Å². The molecule has 1 saturated carbocycles. The van der Waals surface area contributed by atoms with Gasteiger partial charge in [0, 0.05) is 19.5 Å². The van der Waals surface area contributed by atoms with E-state index in [0.29, 0.717) is 19.0 Å². The summed E-state index contributed by atoms with van der Waals surface area (Å²) in [7, 11) is 0. The second-order valence-electron chi connectivity index (χ2n) is 6.80. The molecule has 2 fully saturated rings. The molecule has 6 nitrogen and oxygen atoms in total. The van der Waals surface area contributed by atoms with Gasteiger partial charge in [-0.05, 0) is 42.0 Å². The molecule has 2 aliphatic heterocycles. The van der Waals surface area contributed by atoms with Gasteiger partial charge in [0.15, 0.2) is 0 Å². The van der Waals surface area contributed by atoms with Crippen LogP contribution in [0, 0.1) is 11.8 Å². The van der Waals surface area contributed by atoms with Crippen LogP contribution in [0.25, 0.3) is 0 Å². The molecule has 1 aromatic rings. The SMILES string of the molecule is O=C(NC(c1ccc2c(c1)CCO2)C1CC(O)C1)C1CNNC1. The number of aliphatic hydroxyl groups excluding tert-OH is 1. The standard InChI is InChI=1S/C17H23N3O3/c21-14-6-12(7-14)16(20-17(22)13-8-18-19-9-13)11-1-2-15-10(5-11)3-4-23-15/h1-2,5,12-14,16,18-19,21H,3-4,6-9H2,(H,20,22). The monoisotopic (exact) mass is 317 g/mol. The Kier molecular flexibility index (Phi) is 3.97. The summed E-state index contributed by atoms with van der Waals surface area (Å²) in [5.41, 5.74) is 8.33. The van der Waals surface area contributed by atoms with Gasteiger partial charge in [-0.1, -0.05) is 6.07 Å². The number of ether oxygens (including phenoxy) is 1. The van der Waals surface area contributed by atoms with Crippen LogP contribution < -0.4 is 20.9 Å². The van der Waals surface area contributed by atoms with Gasteiger partial charge >= 0.3 is 0 Å². The molecule has 1 aliphatic carbocycles. The average Bonchev–Trinajstić information content (AvgIpc) is 3.19. The Morgan fingerprint density at radius 3 is 2.83 bits per heavy atom. The van der Waals surface area contributed by atoms with Crippen molar-refractivity contribution in [1.82, 2.24) is 16.2 Å². The average molecular weight is 317 g/mol. The minimum Gasteiger partial charge on any atom is -0.493 e. The number of carbonyl (C=O) groups excluding carboxylic acids is 1. The zero-order valence-corrected chi connectivity index (χ0v) is 13.0. The number of carbonyl (C=O) groups is 1. The smallest absolute Gasteiger partial charge is 0.226 e. The first-order valence-corrected chi connectivity index (χ1v) is 8.40. The Labute approximate surface area is 135 Å². The maximum Gasteiger partial charge on any atom is 0.226 e. The van der Waals surface area contributed by atoms with Crippen LogP contribution in [0.5, 0.6) is 5.75 Å². The van der Waals surface area contributed by atoms with Crippen molar-refractivity contribution in [2.45, 2.75) is 31.4 Å². The number of fused-ring (bicyclic) bond motifs is 1. The molecular weight excluding hydrogens is 294 g/mol. The van der Waals surface area contributed by atoms with Crippen molar-refractivity contribution in [3.63, 3.8) is 0 Å². The Morgan fingerprint density at radius 2 is 2.09 bits per heavy atom. The first-order chi connectivity index (χ1) is 11.2. The minimum atomic E-state index is -0.230. The lowest BCUT2D eigenvalue weighted by Gasteiger charge is -2.38. The summed E-state index contributed by atoms with van der Waals surface area (Å²) in [6.07, 6.45) is 2.19. The van der Waals surface area contributed by atoms with E-state index >= 15 is 0 Å². The van der Waals surface area contributed by atoms with E-state index in [2.05, 4.69) is 22.2 Å². The molecule has 1 atom stereocenters. The first kappa shape index (κ1) is 14.9. The Morgan fingerprint density at radius 1 is 1.30 bits per heavy atom. The molecule has 0 radical (unpaired) electrons. The van der Waals surface area contributed by atoms with Crippen molar-refractivity contribution < 1.29 is 14.6 Å². The Hall–Kier alpha value is -1.63. The molecule has 23 heavy (non-hydrogen) atoms. The number of amides is 1. The highest BCUT2D eigenvalue weighted by Crippen LogP contribution is 2.39. The Balaban J connectivity index is 1.54. The van der Waals surface area contributed by atoms with Crippen molar-refractivity contribution in [2.24, 2.45) is 11.8 Å². The van der Waals surface area contributed by atoms with E-state index in [9.17, 15) is 9.90 Å². The molecule has 0 bridgehead atoms. The number of rotatable bonds is 4. The number of hydrogen-bond donors (Lipinski definition) is 4. The number of benzene rings is 1. The molecule has 2 heterocycles.